The van der Waals surface area contributed by atoms with E-state index in [-0.39, 0.29) is 0 Å². The van der Waals surface area contributed by atoms with Gasteiger partial charge in [0.15, 0.2) is 0 Å². The molecule has 0 radical (unpaired) electrons. The van der Waals surface area contributed by atoms with Crippen LogP contribution in [0.1, 0.15) is 19.9 Å². The monoisotopic (exact) mass is 225 g/mol. The zero-order valence-electron chi connectivity index (χ0n) is 7.53. The fourth-order valence-electron chi connectivity index (χ4n) is 0.898. The molecule has 0 atom stereocenters. The van der Waals surface area contributed by atoms with Crippen molar-refractivity contribution in [2.24, 2.45) is 5.14 Å². The molecule has 8 heteroatoms. The molecule has 5 nitrogen and oxygen atoms in total. The second-order valence-corrected chi connectivity index (χ2v) is 4.47. The Bertz CT molecular complexity index is 452. The van der Waals surface area contributed by atoms with E-state index in [4.69, 9.17) is 0 Å². The van der Waals surface area contributed by atoms with Gasteiger partial charge in [0.2, 0.25) is 16.8 Å². The molecule has 0 aromatic carbocycles. The lowest BCUT2D eigenvalue weighted by atomic mass is 10.4. The number of primary sulfonamides is 1. The van der Waals surface area contributed by atoms with Crippen LogP contribution in [0.4, 0.5) is 8.78 Å². The molecule has 14 heavy (non-hydrogen) atoms. The summed E-state index contributed by atoms with van der Waals surface area (Å²) in [4.78, 5) is 0. The fourth-order valence-corrected chi connectivity index (χ4v) is 1.43. The van der Waals surface area contributed by atoms with Crippen molar-refractivity contribution in [1.29, 1.82) is 0 Å². The topological polar surface area (TPSA) is 78.0 Å². The second-order valence-electron chi connectivity index (χ2n) is 2.99. The number of halogens is 2. The number of sulfonamides is 1. The Kier molecular flexibility index (Phi) is 2.59. The summed E-state index contributed by atoms with van der Waals surface area (Å²) in [6, 6.07) is -0.486. The number of rotatable bonds is 2. The lowest BCUT2D eigenvalue weighted by molar-refractivity contribution is 0.388. The summed E-state index contributed by atoms with van der Waals surface area (Å²) in [5.74, 6) is -2.87. The molecule has 0 saturated carbocycles. The van der Waals surface area contributed by atoms with Crippen LogP contribution >= 0.6 is 0 Å². The summed E-state index contributed by atoms with van der Waals surface area (Å²) >= 11 is 0. The van der Waals surface area contributed by atoms with Gasteiger partial charge in [-0.2, -0.15) is 13.9 Å². The van der Waals surface area contributed by atoms with Gasteiger partial charge in [0, 0.05) is 6.04 Å². The van der Waals surface area contributed by atoms with Crippen LogP contribution in [-0.4, -0.2) is 18.2 Å². The summed E-state index contributed by atoms with van der Waals surface area (Å²) in [5.41, 5.74) is 0. The van der Waals surface area contributed by atoms with Crippen LogP contribution < -0.4 is 5.14 Å². The Hall–Kier alpha value is -1.02. The number of hydrogen-bond acceptors (Lipinski definition) is 3. The van der Waals surface area contributed by atoms with E-state index in [1.54, 1.807) is 0 Å². The molecule has 1 rings (SSSR count). The van der Waals surface area contributed by atoms with E-state index < -0.39 is 32.9 Å². The molecule has 2 N–H and O–H groups in total. The minimum Gasteiger partial charge on any atom is -0.233 e. The molecule has 1 aromatic heterocycles. The average molecular weight is 225 g/mol. The van der Waals surface area contributed by atoms with Crippen molar-refractivity contribution < 1.29 is 17.2 Å². The molecule has 1 heterocycles. The fraction of sp³-hybridized carbons (Fsp3) is 0.500. The van der Waals surface area contributed by atoms with Gasteiger partial charge in [-0.05, 0) is 13.8 Å². The van der Waals surface area contributed by atoms with E-state index in [0.717, 1.165) is 0 Å². The number of nitrogens with zero attached hydrogens (tertiary/aromatic N) is 2. The first-order valence-corrected chi connectivity index (χ1v) is 5.26. The second kappa shape index (κ2) is 3.28. The van der Waals surface area contributed by atoms with Gasteiger partial charge < -0.3 is 0 Å². The molecule has 0 fully saturated rings. The first kappa shape index (κ1) is 11.1. The minimum absolute atomic E-state index is 0.486. The van der Waals surface area contributed by atoms with Crippen molar-refractivity contribution in [1.82, 2.24) is 9.78 Å². The van der Waals surface area contributed by atoms with Gasteiger partial charge in [0.1, 0.15) is 0 Å². The summed E-state index contributed by atoms with van der Waals surface area (Å²) in [6.45, 7) is 3.06. The van der Waals surface area contributed by atoms with Gasteiger partial charge in [-0.1, -0.05) is 0 Å². The molecule has 0 aliphatic carbocycles. The lowest BCUT2D eigenvalue weighted by Gasteiger charge is -2.03. The van der Waals surface area contributed by atoms with Gasteiger partial charge in [0.25, 0.3) is 10.0 Å². The standard InChI is InChI=1S/C6H9F2N3O2S/c1-3(2)11-5(8)4(7)6(10-11)14(9,12)13/h3H,1-2H3,(H2,9,12,13). The van der Waals surface area contributed by atoms with E-state index in [9.17, 15) is 17.2 Å². The number of hydrogen-bond donors (Lipinski definition) is 1. The zero-order chi connectivity index (χ0) is 11.1. The smallest absolute Gasteiger partial charge is 0.233 e. The van der Waals surface area contributed by atoms with Crippen molar-refractivity contribution in [3.05, 3.63) is 11.8 Å². The van der Waals surface area contributed by atoms with Crippen LogP contribution in [0.25, 0.3) is 0 Å². The van der Waals surface area contributed by atoms with E-state index in [1.165, 1.54) is 13.8 Å². The SMILES string of the molecule is CC(C)n1nc(S(N)(=O)=O)c(F)c1F. The highest BCUT2D eigenvalue weighted by Crippen LogP contribution is 2.17. The molecule has 0 amide bonds. The quantitative estimate of drug-likeness (QED) is 0.790. The summed E-state index contributed by atoms with van der Waals surface area (Å²) in [6.07, 6.45) is 0. The third-order valence-electron chi connectivity index (χ3n) is 1.53. The predicted molar refractivity (Wildman–Crippen MR) is 43.9 cm³/mol. The van der Waals surface area contributed by atoms with Crippen molar-refractivity contribution in [2.45, 2.75) is 24.9 Å². The Morgan fingerprint density at radius 2 is 1.93 bits per heavy atom. The molecule has 0 bridgehead atoms. The van der Waals surface area contributed by atoms with Crippen molar-refractivity contribution >= 4 is 10.0 Å². The van der Waals surface area contributed by atoms with Crippen LogP contribution in [0, 0.1) is 11.8 Å². The highest BCUT2D eigenvalue weighted by atomic mass is 32.2. The maximum Gasteiger partial charge on any atom is 0.260 e. The number of aromatic nitrogens is 2. The lowest BCUT2D eigenvalue weighted by Crippen LogP contribution is -2.15. The van der Waals surface area contributed by atoms with Gasteiger partial charge in [-0.25, -0.2) is 18.2 Å². The largest absolute Gasteiger partial charge is 0.260 e. The minimum atomic E-state index is -4.32. The molecular weight excluding hydrogens is 216 g/mol. The average Bonchev–Trinajstić information content (AvgIpc) is 2.28. The van der Waals surface area contributed by atoms with Crippen molar-refractivity contribution in [2.75, 3.05) is 0 Å². The third-order valence-corrected chi connectivity index (χ3v) is 2.33. The molecule has 80 valence electrons. The maximum atomic E-state index is 13.0. The summed E-state index contributed by atoms with van der Waals surface area (Å²) in [5, 5.41) is 6.80. The van der Waals surface area contributed by atoms with Crippen LogP contribution in [0.2, 0.25) is 0 Å². The third kappa shape index (κ3) is 1.75. The van der Waals surface area contributed by atoms with E-state index in [2.05, 4.69) is 10.2 Å². The molecule has 0 spiro atoms. The van der Waals surface area contributed by atoms with E-state index >= 15 is 0 Å². The van der Waals surface area contributed by atoms with Crippen LogP contribution in [0.15, 0.2) is 5.03 Å². The first-order valence-electron chi connectivity index (χ1n) is 3.71. The van der Waals surface area contributed by atoms with Gasteiger partial charge >= 0.3 is 0 Å². The molecule has 1 aromatic rings. The predicted octanol–water partition coefficient (Wildman–Crippen LogP) is 0.390. The molecule has 0 unspecified atom stereocenters. The van der Waals surface area contributed by atoms with Crippen LogP contribution in [0.5, 0.6) is 0 Å². The van der Waals surface area contributed by atoms with Crippen molar-refractivity contribution in [3.63, 3.8) is 0 Å². The van der Waals surface area contributed by atoms with Gasteiger partial charge in [-0.3, -0.25) is 0 Å². The summed E-state index contributed by atoms with van der Waals surface area (Å²) in [7, 11) is -4.32. The van der Waals surface area contributed by atoms with Gasteiger partial charge in [-0.15, -0.1) is 0 Å². The molecule has 0 aliphatic rings. The van der Waals surface area contributed by atoms with E-state index in [1.807, 2.05) is 0 Å². The Labute approximate surface area is 79.6 Å². The Morgan fingerprint density at radius 3 is 2.14 bits per heavy atom. The Balaban J connectivity index is 3.45. The molecular formula is C6H9F2N3O2S. The van der Waals surface area contributed by atoms with Gasteiger partial charge in [0.05, 0.1) is 0 Å². The van der Waals surface area contributed by atoms with Crippen molar-refractivity contribution in [3.8, 4) is 0 Å². The molecule has 0 saturated heterocycles. The van der Waals surface area contributed by atoms with Crippen LogP contribution in [-0.2, 0) is 10.0 Å². The first-order chi connectivity index (χ1) is 6.25. The normalized spacial score (nSPS) is 12.4. The highest BCUT2D eigenvalue weighted by Gasteiger charge is 2.26. The van der Waals surface area contributed by atoms with Crippen LogP contribution in [0.3, 0.4) is 0 Å². The molecule has 0 aliphatic heterocycles. The Morgan fingerprint density at radius 1 is 1.43 bits per heavy atom. The highest BCUT2D eigenvalue weighted by molar-refractivity contribution is 7.89. The maximum absolute atomic E-state index is 13.0. The zero-order valence-corrected chi connectivity index (χ0v) is 8.35. The summed E-state index contributed by atoms with van der Waals surface area (Å²) < 4.78 is 48.1. The number of nitrogens with two attached hydrogens (primary N) is 1. The van der Waals surface area contributed by atoms with E-state index in [0.29, 0.717) is 4.68 Å².